The zero-order valence-corrected chi connectivity index (χ0v) is 9.63. The average Bonchev–Trinajstić information content (AvgIpc) is 2.60. The molecule has 0 aliphatic carbocycles. The normalized spacial score (nSPS) is 11.3. The SMILES string of the molecule is Cc1ccc(C(C)(C)CNCCC#N)o1. The summed E-state index contributed by atoms with van der Waals surface area (Å²) in [5.74, 6) is 1.93. The van der Waals surface area contributed by atoms with E-state index in [0.717, 1.165) is 24.6 Å². The second-order valence-electron chi connectivity index (χ2n) is 4.38. The summed E-state index contributed by atoms with van der Waals surface area (Å²) in [6.07, 6.45) is 0.549. The fourth-order valence-electron chi connectivity index (χ4n) is 1.43. The second-order valence-corrected chi connectivity index (χ2v) is 4.38. The molecule has 82 valence electrons. The first-order chi connectivity index (χ1) is 7.06. The lowest BCUT2D eigenvalue weighted by atomic mass is 9.90. The van der Waals surface area contributed by atoms with Crippen LogP contribution in [-0.4, -0.2) is 13.1 Å². The van der Waals surface area contributed by atoms with Gasteiger partial charge in [0.1, 0.15) is 11.5 Å². The third-order valence-electron chi connectivity index (χ3n) is 2.39. The maximum Gasteiger partial charge on any atom is 0.111 e. The van der Waals surface area contributed by atoms with Crippen molar-refractivity contribution in [3.05, 3.63) is 23.7 Å². The van der Waals surface area contributed by atoms with E-state index in [-0.39, 0.29) is 5.41 Å². The molecular formula is C12H18N2O. The van der Waals surface area contributed by atoms with Crippen LogP contribution in [0.2, 0.25) is 0 Å². The number of nitriles is 1. The minimum Gasteiger partial charge on any atom is -0.466 e. The number of aryl methyl sites for hydroxylation is 1. The van der Waals surface area contributed by atoms with Gasteiger partial charge in [0.2, 0.25) is 0 Å². The Morgan fingerprint density at radius 1 is 1.47 bits per heavy atom. The summed E-state index contributed by atoms with van der Waals surface area (Å²) in [4.78, 5) is 0. The third-order valence-corrected chi connectivity index (χ3v) is 2.39. The lowest BCUT2D eigenvalue weighted by Gasteiger charge is -2.22. The van der Waals surface area contributed by atoms with Gasteiger partial charge in [-0.15, -0.1) is 0 Å². The van der Waals surface area contributed by atoms with Crippen LogP contribution < -0.4 is 5.32 Å². The van der Waals surface area contributed by atoms with Gasteiger partial charge in [-0.1, -0.05) is 13.8 Å². The van der Waals surface area contributed by atoms with Gasteiger partial charge in [-0.2, -0.15) is 5.26 Å². The highest BCUT2D eigenvalue weighted by molar-refractivity contribution is 5.15. The van der Waals surface area contributed by atoms with Crippen LogP contribution in [-0.2, 0) is 5.41 Å². The predicted molar refractivity (Wildman–Crippen MR) is 59.6 cm³/mol. The first kappa shape index (κ1) is 11.8. The van der Waals surface area contributed by atoms with Gasteiger partial charge in [0, 0.05) is 24.9 Å². The van der Waals surface area contributed by atoms with Crippen molar-refractivity contribution in [1.29, 1.82) is 5.26 Å². The van der Waals surface area contributed by atoms with Gasteiger partial charge in [-0.25, -0.2) is 0 Å². The van der Waals surface area contributed by atoms with E-state index in [1.165, 1.54) is 0 Å². The molecule has 0 amide bonds. The Bertz CT molecular complexity index is 347. The molecular weight excluding hydrogens is 188 g/mol. The lowest BCUT2D eigenvalue weighted by molar-refractivity contribution is 0.359. The van der Waals surface area contributed by atoms with E-state index in [0.29, 0.717) is 6.42 Å². The Hall–Kier alpha value is -1.27. The van der Waals surface area contributed by atoms with Crippen LogP contribution in [0.5, 0.6) is 0 Å². The van der Waals surface area contributed by atoms with Crippen molar-refractivity contribution < 1.29 is 4.42 Å². The Kier molecular flexibility index (Phi) is 3.93. The Morgan fingerprint density at radius 2 is 2.20 bits per heavy atom. The first-order valence-corrected chi connectivity index (χ1v) is 5.21. The molecule has 0 radical (unpaired) electrons. The molecule has 1 N–H and O–H groups in total. The molecule has 0 aliphatic rings. The summed E-state index contributed by atoms with van der Waals surface area (Å²) in [7, 11) is 0. The number of nitrogens with one attached hydrogen (secondary N) is 1. The van der Waals surface area contributed by atoms with Crippen molar-refractivity contribution in [1.82, 2.24) is 5.32 Å². The molecule has 1 rings (SSSR count). The minimum atomic E-state index is -0.0241. The first-order valence-electron chi connectivity index (χ1n) is 5.21. The van der Waals surface area contributed by atoms with E-state index in [4.69, 9.17) is 9.68 Å². The molecule has 3 nitrogen and oxygen atoms in total. The Balaban J connectivity index is 2.48. The summed E-state index contributed by atoms with van der Waals surface area (Å²) < 4.78 is 5.60. The third kappa shape index (κ3) is 3.41. The summed E-state index contributed by atoms with van der Waals surface area (Å²) in [5, 5.41) is 11.7. The molecule has 0 aromatic carbocycles. The van der Waals surface area contributed by atoms with Crippen molar-refractivity contribution in [3.8, 4) is 6.07 Å². The predicted octanol–water partition coefficient (Wildman–Crippen LogP) is 2.37. The van der Waals surface area contributed by atoms with E-state index >= 15 is 0 Å². The molecule has 1 heterocycles. The molecule has 0 unspecified atom stereocenters. The molecule has 0 saturated heterocycles. The van der Waals surface area contributed by atoms with Crippen LogP contribution in [0.25, 0.3) is 0 Å². The highest BCUT2D eigenvalue weighted by Gasteiger charge is 2.23. The van der Waals surface area contributed by atoms with Gasteiger partial charge in [0.15, 0.2) is 0 Å². The van der Waals surface area contributed by atoms with E-state index in [1.54, 1.807) is 0 Å². The number of rotatable bonds is 5. The Labute approximate surface area is 91.1 Å². The molecule has 0 atom stereocenters. The molecule has 0 fully saturated rings. The minimum absolute atomic E-state index is 0.0241. The number of furan rings is 1. The summed E-state index contributed by atoms with van der Waals surface area (Å²) in [6, 6.07) is 6.11. The van der Waals surface area contributed by atoms with Crippen molar-refractivity contribution in [2.24, 2.45) is 0 Å². The van der Waals surface area contributed by atoms with Gasteiger partial charge in [0.25, 0.3) is 0 Å². The maximum absolute atomic E-state index is 8.41. The van der Waals surface area contributed by atoms with Gasteiger partial charge in [-0.05, 0) is 19.1 Å². The van der Waals surface area contributed by atoms with Crippen LogP contribution in [0.4, 0.5) is 0 Å². The largest absolute Gasteiger partial charge is 0.466 e. The van der Waals surface area contributed by atoms with Crippen LogP contribution in [0.1, 0.15) is 31.8 Å². The smallest absolute Gasteiger partial charge is 0.111 e. The van der Waals surface area contributed by atoms with E-state index < -0.39 is 0 Å². The summed E-state index contributed by atoms with van der Waals surface area (Å²) >= 11 is 0. The van der Waals surface area contributed by atoms with Crippen LogP contribution in [0.3, 0.4) is 0 Å². The van der Waals surface area contributed by atoms with Gasteiger partial charge < -0.3 is 9.73 Å². The average molecular weight is 206 g/mol. The molecule has 15 heavy (non-hydrogen) atoms. The molecule has 0 bridgehead atoms. The highest BCUT2D eigenvalue weighted by Crippen LogP contribution is 2.24. The zero-order valence-electron chi connectivity index (χ0n) is 9.63. The van der Waals surface area contributed by atoms with Gasteiger partial charge >= 0.3 is 0 Å². The fourth-order valence-corrected chi connectivity index (χ4v) is 1.43. The molecule has 0 aliphatic heterocycles. The van der Waals surface area contributed by atoms with Crippen LogP contribution >= 0.6 is 0 Å². The molecule has 3 heteroatoms. The number of hydrogen-bond acceptors (Lipinski definition) is 3. The fraction of sp³-hybridized carbons (Fsp3) is 0.583. The van der Waals surface area contributed by atoms with Crippen molar-refractivity contribution >= 4 is 0 Å². The second kappa shape index (κ2) is 4.99. The summed E-state index contributed by atoms with van der Waals surface area (Å²) in [6.45, 7) is 7.76. The molecule has 0 saturated carbocycles. The van der Waals surface area contributed by atoms with Crippen LogP contribution in [0.15, 0.2) is 16.5 Å². The van der Waals surface area contributed by atoms with E-state index in [9.17, 15) is 0 Å². The number of hydrogen-bond donors (Lipinski definition) is 1. The van der Waals surface area contributed by atoms with Crippen LogP contribution in [0, 0.1) is 18.3 Å². The number of nitrogens with zero attached hydrogens (tertiary/aromatic N) is 1. The van der Waals surface area contributed by atoms with E-state index in [1.807, 2.05) is 19.1 Å². The lowest BCUT2D eigenvalue weighted by Crippen LogP contribution is -2.33. The molecule has 1 aromatic rings. The zero-order chi connectivity index (χ0) is 11.3. The topological polar surface area (TPSA) is 49.0 Å². The maximum atomic E-state index is 8.41. The molecule has 1 aromatic heterocycles. The van der Waals surface area contributed by atoms with E-state index in [2.05, 4.69) is 25.2 Å². The summed E-state index contributed by atoms with van der Waals surface area (Å²) in [5.41, 5.74) is -0.0241. The molecule has 0 spiro atoms. The van der Waals surface area contributed by atoms with Gasteiger partial charge in [-0.3, -0.25) is 0 Å². The van der Waals surface area contributed by atoms with Gasteiger partial charge in [0.05, 0.1) is 6.07 Å². The van der Waals surface area contributed by atoms with Crippen molar-refractivity contribution in [2.75, 3.05) is 13.1 Å². The standard InChI is InChI=1S/C12H18N2O/c1-10-5-6-11(15-10)12(2,3)9-14-8-4-7-13/h5-6,14H,4,8-9H2,1-3H3. The van der Waals surface area contributed by atoms with Crippen molar-refractivity contribution in [2.45, 2.75) is 32.6 Å². The monoisotopic (exact) mass is 206 g/mol. The quantitative estimate of drug-likeness (QED) is 0.752. The van der Waals surface area contributed by atoms with Crippen molar-refractivity contribution in [3.63, 3.8) is 0 Å². The highest BCUT2D eigenvalue weighted by atomic mass is 16.3. The Morgan fingerprint density at radius 3 is 2.73 bits per heavy atom.